The zero-order chi connectivity index (χ0) is 19.1. The lowest BCUT2D eigenvalue weighted by atomic mass is 10.1. The third kappa shape index (κ3) is 4.88. The van der Waals surface area contributed by atoms with Crippen LogP contribution in [0.2, 0.25) is 5.02 Å². The van der Waals surface area contributed by atoms with Crippen LogP contribution in [0.25, 0.3) is 0 Å². The van der Waals surface area contributed by atoms with Crippen molar-refractivity contribution in [3.63, 3.8) is 0 Å². The van der Waals surface area contributed by atoms with Crippen LogP contribution in [0.5, 0.6) is 11.5 Å². The van der Waals surface area contributed by atoms with Gasteiger partial charge in [-0.2, -0.15) is 5.26 Å². The van der Waals surface area contributed by atoms with Crippen LogP contribution >= 0.6 is 11.6 Å². The molecule has 0 atom stereocenters. The van der Waals surface area contributed by atoms with E-state index in [-0.39, 0.29) is 35.3 Å². The Kier molecular flexibility index (Phi) is 6.42. The van der Waals surface area contributed by atoms with Gasteiger partial charge in [0.05, 0.1) is 29.3 Å². The van der Waals surface area contributed by atoms with Crippen molar-refractivity contribution < 1.29 is 23.8 Å². The summed E-state index contributed by atoms with van der Waals surface area (Å²) in [6.45, 7) is -0.344. The maximum atomic E-state index is 12.2. The number of hydrogen-bond acceptors (Lipinski definition) is 6. The summed E-state index contributed by atoms with van der Waals surface area (Å²) in [5.74, 6) is -1.01. The molecule has 2 aromatic carbocycles. The van der Waals surface area contributed by atoms with Gasteiger partial charge in [0, 0.05) is 0 Å². The molecule has 0 aliphatic rings. The smallest absolute Gasteiger partial charge is 0.338 e. The normalized spacial score (nSPS) is 9.88. The maximum Gasteiger partial charge on any atom is 0.338 e. The monoisotopic (exact) mass is 374 g/mol. The first kappa shape index (κ1) is 19.1. The number of carbonyl (C=O) groups excluding carboxylic acids is 2. The number of carbonyl (C=O) groups is 2. The molecule has 0 aliphatic heterocycles. The molecule has 134 valence electrons. The van der Waals surface area contributed by atoms with Gasteiger partial charge in [-0.1, -0.05) is 23.7 Å². The average molecular weight is 375 g/mol. The predicted octanol–water partition coefficient (Wildman–Crippen LogP) is 2.44. The first-order chi connectivity index (χ1) is 12.4. The van der Waals surface area contributed by atoms with Crippen molar-refractivity contribution in [2.24, 2.45) is 5.73 Å². The molecule has 26 heavy (non-hydrogen) atoms. The van der Waals surface area contributed by atoms with E-state index in [0.29, 0.717) is 5.56 Å². The molecule has 0 spiro atoms. The van der Waals surface area contributed by atoms with E-state index >= 15 is 0 Å². The summed E-state index contributed by atoms with van der Waals surface area (Å²) < 4.78 is 15.6. The topological polar surface area (TPSA) is 112 Å². The third-order valence-electron chi connectivity index (χ3n) is 3.28. The fourth-order valence-corrected chi connectivity index (χ4v) is 2.29. The third-order valence-corrected chi connectivity index (χ3v) is 3.56. The summed E-state index contributed by atoms with van der Waals surface area (Å²) >= 11 is 6.10. The lowest BCUT2D eigenvalue weighted by Crippen LogP contribution is -2.20. The fraction of sp³-hybridized carbons (Fsp3) is 0.167. The second-order valence-electron chi connectivity index (χ2n) is 5.13. The van der Waals surface area contributed by atoms with E-state index in [1.54, 1.807) is 24.3 Å². The van der Waals surface area contributed by atoms with E-state index in [2.05, 4.69) is 0 Å². The molecule has 7 nitrogen and oxygen atoms in total. The first-order valence-electron chi connectivity index (χ1n) is 7.39. The molecule has 0 radical (unpaired) electrons. The molecule has 0 aromatic heterocycles. The minimum atomic E-state index is -0.672. The minimum Gasteiger partial charge on any atom is -0.493 e. The number of rotatable bonds is 7. The number of amides is 1. The van der Waals surface area contributed by atoms with E-state index in [1.807, 2.05) is 6.07 Å². The molecule has 2 aromatic rings. The number of esters is 1. The Labute approximate surface area is 154 Å². The van der Waals surface area contributed by atoms with Crippen molar-refractivity contribution in [3.05, 3.63) is 58.1 Å². The van der Waals surface area contributed by atoms with E-state index in [9.17, 15) is 9.59 Å². The van der Waals surface area contributed by atoms with E-state index in [1.165, 1.54) is 19.2 Å². The predicted molar refractivity (Wildman–Crippen MR) is 93.0 cm³/mol. The van der Waals surface area contributed by atoms with E-state index < -0.39 is 11.9 Å². The quantitative estimate of drug-likeness (QED) is 0.745. The number of primary amides is 1. The Balaban J connectivity index is 2.11. The number of nitrogens with zero attached hydrogens (tertiary/aromatic N) is 1. The summed E-state index contributed by atoms with van der Waals surface area (Å²) in [4.78, 5) is 23.1. The van der Waals surface area contributed by atoms with Crippen LogP contribution in [0.4, 0.5) is 0 Å². The molecule has 1 amide bonds. The van der Waals surface area contributed by atoms with Crippen LogP contribution in [0.3, 0.4) is 0 Å². The van der Waals surface area contributed by atoms with Crippen molar-refractivity contribution in [2.75, 3.05) is 13.7 Å². The average Bonchev–Trinajstić information content (AvgIpc) is 2.64. The minimum absolute atomic E-state index is 0.0321. The lowest BCUT2D eigenvalue weighted by Gasteiger charge is -2.13. The molecule has 2 N–H and O–H groups in total. The fourth-order valence-electron chi connectivity index (χ4n) is 2.03. The van der Waals surface area contributed by atoms with Crippen molar-refractivity contribution >= 4 is 23.5 Å². The van der Waals surface area contributed by atoms with Gasteiger partial charge in [0.15, 0.2) is 18.1 Å². The summed E-state index contributed by atoms with van der Waals surface area (Å²) in [6, 6.07) is 11.4. The Bertz CT molecular complexity index is 859. The van der Waals surface area contributed by atoms with Gasteiger partial charge in [-0.15, -0.1) is 0 Å². The van der Waals surface area contributed by atoms with E-state index in [4.69, 9.17) is 36.8 Å². The van der Waals surface area contributed by atoms with Crippen LogP contribution in [0.1, 0.15) is 21.5 Å². The molecule has 0 fully saturated rings. The second-order valence-corrected chi connectivity index (χ2v) is 5.54. The Morgan fingerprint density at radius 3 is 2.50 bits per heavy atom. The van der Waals surface area contributed by atoms with Crippen LogP contribution < -0.4 is 15.2 Å². The van der Waals surface area contributed by atoms with Gasteiger partial charge in [0.1, 0.15) is 6.61 Å². The van der Waals surface area contributed by atoms with Crippen LogP contribution in [0.15, 0.2) is 36.4 Å². The second kappa shape index (κ2) is 8.74. The summed E-state index contributed by atoms with van der Waals surface area (Å²) in [6.07, 6.45) is 0. The van der Waals surface area contributed by atoms with Crippen molar-refractivity contribution in [1.82, 2.24) is 0 Å². The Morgan fingerprint density at radius 1 is 1.23 bits per heavy atom. The summed E-state index contributed by atoms with van der Waals surface area (Å²) in [7, 11) is 1.37. The molecule has 0 unspecified atom stereocenters. The molecule has 8 heteroatoms. The standard InChI is InChI=1S/C18H15ClN2O5/c1-24-15-7-13(6-14(19)17(15)25-10-16(21)22)18(23)26-9-12-4-2-11(8-20)3-5-12/h2-7H,9-10H2,1H3,(H2,21,22). The molecular weight excluding hydrogens is 360 g/mol. The van der Waals surface area contributed by atoms with E-state index in [0.717, 1.165) is 5.56 Å². The van der Waals surface area contributed by atoms with Crippen LogP contribution in [-0.2, 0) is 16.1 Å². The van der Waals surface area contributed by atoms with Crippen LogP contribution in [0, 0.1) is 11.3 Å². The van der Waals surface area contributed by atoms with Gasteiger partial charge < -0.3 is 19.9 Å². The highest BCUT2D eigenvalue weighted by Gasteiger charge is 2.17. The van der Waals surface area contributed by atoms with Gasteiger partial charge in [-0.05, 0) is 29.8 Å². The zero-order valence-electron chi connectivity index (χ0n) is 13.8. The number of hydrogen-bond donors (Lipinski definition) is 1. The molecule has 0 saturated carbocycles. The maximum absolute atomic E-state index is 12.2. The Morgan fingerprint density at radius 2 is 1.92 bits per heavy atom. The Hall–Kier alpha value is -3.24. The highest BCUT2D eigenvalue weighted by atomic mass is 35.5. The molecule has 0 bridgehead atoms. The number of methoxy groups -OCH3 is 1. The lowest BCUT2D eigenvalue weighted by molar-refractivity contribution is -0.119. The molecule has 2 rings (SSSR count). The summed E-state index contributed by atoms with van der Waals surface area (Å²) in [5.41, 5.74) is 6.44. The molecule has 0 heterocycles. The number of ether oxygens (including phenoxy) is 3. The number of halogens is 1. The first-order valence-corrected chi connectivity index (χ1v) is 7.77. The highest BCUT2D eigenvalue weighted by molar-refractivity contribution is 6.32. The largest absolute Gasteiger partial charge is 0.493 e. The highest BCUT2D eigenvalue weighted by Crippen LogP contribution is 2.36. The number of nitrogens with two attached hydrogens (primary N) is 1. The van der Waals surface area contributed by atoms with Crippen molar-refractivity contribution in [2.45, 2.75) is 6.61 Å². The molecule has 0 saturated heterocycles. The van der Waals surface area contributed by atoms with Gasteiger partial charge in [0.25, 0.3) is 5.91 Å². The number of nitriles is 1. The summed E-state index contributed by atoms with van der Waals surface area (Å²) in [5, 5.41) is 8.85. The molecule has 0 aliphatic carbocycles. The molecular formula is C18H15ClN2O5. The van der Waals surface area contributed by atoms with Crippen LogP contribution in [-0.4, -0.2) is 25.6 Å². The number of benzene rings is 2. The zero-order valence-corrected chi connectivity index (χ0v) is 14.6. The van der Waals surface area contributed by atoms with Gasteiger partial charge in [-0.3, -0.25) is 4.79 Å². The van der Waals surface area contributed by atoms with Gasteiger partial charge in [-0.25, -0.2) is 4.79 Å². The van der Waals surface area contributed by atoms with Gasteiger partial charge in [0.2, 0.25) is 0 Å². The van der Waals surface area contributed by atoms with Crippen molar-refractivity contribution in [3.8, 4) is 17.6 Å². The van der Waals surface area contributed by atoms with Crippen molar-refractivity contribution in [1.29, 1.82) is 5.26 Å². The SMILES string of the molecule is COc1cc(C(=O)OCc2ccc(C#N)cc2)cc(Cl)c1OCC(N)=O. The van der Waals surface area contributed by atoms with Gasteiger partial charge >= 0.3 is 5.97 Å².